The van der Waals surface area contributed by atoms with Crippen molar-refractivity contribution in [2.45, 2.75) is 6.61 Å². The van der Waals surface area contributed by atoms with Gasteiger partial charge >= 0.3 is 6.16 Å². The smallest absolute Gasteiger partial charge is 0.450 e. The van der Waals surface area contributed by atoms with Crippen LogP contribution in [0.1, 0.15) is 5.01 Å². The Bertz CT molecular complexity index is 555. The summed E-state index contributed by atoms with van der Waals surface area (Å²) in [6.07, 6.45) is -1.33. The summed E-state index contributed by atoms with van der Waals surface area (Å²) < 4.78 is 5.27. The summed E-state index contributed by atoms with van der Waals surface area (Å²) in [6.45, 7) is -0.0785. The number of benzene rings is 1. The number of halogens is 1. The Balaban J connectivity index is 2.36. The van der Waals surface area contributed by atoms with Gasteiger partial charge in [-0.15, -0.1) is 11.3 Å². The number of nitrogens with zero attached hydrogens (tertiary/aromatic N) is 1. The van der Waals surface area contributed by atoms with Crippen LogP contribution in [0, 0.1) is 0 Å². The van der Waals surface area contributed by atoms with Gasteiger partial charge in [0.25, 0.3) is 0 Å². The summed E-state index contributed by atoms with van der Waals surface area (Å²) in [5, 5.41) is 9.29. The maximum Gasteiger partial charge on any atom is 0.506 e. The molecule has 0 aliphatic rings. The summed E-state index contributed by atoms with van der Waals surface area (Å²) in [4.78, 5) is 14.4. The van der Waals surface area contributed by atoms with Crippen molar-refractivity contribution in [3.63, 3.8) is 0 Å². The zero-order valence-corrected chi connectivity index (χ0v) is 9.51. The molecule has 0 radical (unpaired) electrons. The Morgan fingerprint density at radius 3 is 3.06 bits per heavy atom. The van der Waals surface area contributed by atoms with Crippen LogP contribution in [-0.2, 0) is 11.3 Å². The van der Waals surface area contributed by atoms with Gasteiger partial charge in [-0.1, -0.05) is 11.6 Å². The van der Waals surface area contributed by atoms with Gasteiger partial charge in [-0.2, -0.15) is 0 Å². The van der Waals surface area contributed by atoms with Crippen molar-refractivity contribution in [1.82, 2.24) is 4.98 Å². The Labute approximate surface area is 99.4 Å². The molecule has 0 aliphatic heterocycles. The van der Waals surface area contributed by atoms with Crippen LogP contribution in [-0.4, -0.2) is 16.2 Å². The molecule has 0 amide bonds. The molecule has 0 aliphatic carbocycles. The number of rotatable bonds is 2. The molecule has 7 heteroatoms. The van der Waals surface area contributed by atoms with E-state index in [4.69, 9.17) is 22.4 Å². The first-order chi connectivity index (χ1) is 7.58. The number of anilines is 1. The molecule has 0 atom stereocenters. The van der Waals surface area contributed by atoms with Crippen molar-refractivity contribution in [1.29, 1.82) is 0 Å². The zero-order chi connectivity index (χ0) is 11.7. The third-order valence-electron chi connectivity index (χ3n) is 1.89. The summed E-state index contributed by atoms with van der Waals surface area (Å²) in [7, 11) is 0. The number of hydrogen-bond donors (Lipinski definition) is 2. The molecule has 0 unspecified atom stereocenters. The largest absolute Gasteiger partial charge is 0.506 e. The molecule has 0 fully saturated rings. The molecule has 3 N–H and O–H groups in total. The zero-order valence-electron chi connectivity index (χ0n) is 7.94. The van der Waals surface area contributed by atoms with Gasteiger partial charge < -0.3 is 15.6 Å². The number of fused-ring (bicyclic) bond motifs is 1. The highest BCUT2D eigenvalue weighted by Crippen LogP contribution is 2.32. The lowest BCUT2D eigenvalue weighted by molar-refractivity contribution is 0.0853. The fraction of sp³-hybridized carbons (Fsp3) is 0.111. The van der Waals surface area contributed by atoms with E-state index in [1.54, 1.807) is 12.1 Å². The lowest BCUT2D eigenvalue weighted by Gasteiger charge is -1.96. The number of carbonyl (C=O) groups is 1. The number of nitrogen functional groups attached to an aromatic ring is 1. The molecule has 16 heavy (non-hydrogen) atoms. The first kappa shape index (κ1) is 11.0. The molecule has 5 nitrogen and oxygen atoms in total. The second-order valence-corrected chi connectivity index (χ2v) is 4.47. The van der Waals surface area contributed by atoms with Crippen molar-refractivity contribution in [2.75, 3.05) is 5.73 Å². The van der Waals surface area contributed by atoms with E-state index < -0.39 is 6.16 Å². The average Bonchev–Trinajstić information content (AvgIpc) is 2.64. The molecule has 0 saturated heterocycles. The predicted octanol–water partition coefficient (Wildman–Crippen LogP) is 2.73. The van der Waals surface area contributed by atoms with E-state index in [-0.39, 0.29) is 6.61 Å². The van der Waals surface area contributed by atoms with Crippen molar-refractivity contribution < 1.29 is 14.6 Å². The minimum atomic E-state index is -1.33. The maximum atomic E-state index is 10.2. The van der Waals surface area contributed by atoms with Gasteiger partial charge in [-0.25, -0.2) is 9.78 Å². The topological polar surface area (TPSA) is 85.4 Å². The highest BCUT2D eigenvalue weighted by atomic mass is 35.5. The molecule has 0 bridgehead atoms. The van der Waals surface area contributed by atoms with Crippen LogP contribution in [0.3, 0.4) is 0 Å². The summed E-state index contributed by atoms with van der Waals surface area (Å²) in [6, 6.07) is 3.48. The number of ether oxygens (including phenoxy) is 1. The number of aromatic nitrogens is 1. The molecule has 2 rings (SSSR count). The number of hydrogen-bond acceptors (Lipinski definition) is 5. The van der Waals surface area contributed by atoms with Gasteiger partial charge in [0.15, 0.2) is 0 Å². The van der Waals surface area contributed by atoms with Crippen molar-refractivity contribution in [2.24, 2.45) is 0 Å². The lowest BCUT2D eigenvalue weighted by Crippen LogP contribution is -1.99. The van der Waals surface area contributed by atoms with E-state index in [2.05, 4.69) is 9.72 Å². The summed E-state index contributed by atoms with van der Waals surface area (Å²) in [5.74, 6) is 0. The summed E-state index contributed by atoms with van der Waals surface area (Å²) >= 11 is 7.29. The molecule has 1 heterocycles. The average molecular weight is 259 g/mol. The lowest BCUT2D eigenvalue weighted by atomic mass is 10.3. The van der Waals surface area contributed by atoms with E-state index in [1.807, 2.05) is 0 Å². The molecule has 84 valence electrons. The first-order valence-corrected chi connectivity index (χ1v) is 5.46. The summed E-state index contributed by atoms with van der Waals surface area (Å²) in [5.41, 5.74) is 6.65. The molecule has 1 aromatic heterocycles. The third-order valence-corrected chi connectivity index (χ3v) is 3.28. The highest BCUT2D eigenvalue weighted by Gasteiger charge is 2.10. The van der Waals surface area contributed by atoms with E-state index in [9.17, 15) is 4.79 Å². The van der Waals surface area contributed by atoms with Gasteiger partial charge in [-0.05, 0) is 12.1 Å². The second-order valence-electron chi connectivity index (χ2n) is 2.98. The van der Waals surface area contributed by atoms with Crippen molar-refractivity contribution >= 4 is 45.0 Å². The van der Waals surface area contributed by atoms with Gasteiger partial charge in [0.2, 0.25) is 0 Å². The molecule has 1 aromatic carbocycles. The fourth-order valence-corrected chi connectivity index (χ4v) is 2.36. The van der Waals surface area contributed by atoms with E-state index in [1.165, 1.54) is 11.3 Å². The fourth-order valence-electron chi connectivity index (χ4n) is 1.21. The molecule has 0 saturated carbocycles. The van der Waals surface area contributed by atoms with Gasteiger partial charge in [0, 0.05) is 0 Å². The van der Waals surface area contributed by atoms with Crippen LogP contribution < -0.4 is 5.73 Å². The van der Waals surface area contributed by atoms with E-state index >= 15 is 0 Å². The highest BCUT2D eigenvalue weighted by molar-refractivity contribution is 7.18. The Hall–Kier alpha value is -1.53. The van der Waals surface area contributed by atoms with Crippen LogP contribution in [0.15, 0.2) is 12.1 Å². The van der Waals surface area contributed by atoms with Gasteiger partial charge in [-0.3, -0.25) is 0 Å². The number of thiazole rings is 1. The minimum Gasteiger partial charge on any atom is -0.450 e. The van der Waals surface area contributed by atoms with Crippen LogP contribution in [0.25, 0.3) is 10.2 Å². The molecule has 0 spiro atoms. The van der Waals surface area contributed by atoms with Gasteiger partial charge in [0.1, 0.15) is 17.1 Å². The predicted molar refractivity (Wildman–Crippen MR) is 61.9 cm³/mol. The van der Waals surface area contributed by atoms with Crippen LogP contribution in [0.5, 0.6) is 0 Å². The Morgan fingerprint density at radius 2 is 2.38 bits per heavy atom. The molecular weight excluding hydrogens is 252 g/mol. The third kappa shape index (κ3) is 2.02. The second kappa shape index (κ2) is 4.15. The number of carboxylic acid groups (broad SMARTS) is 1. The van der Waals surface area contributed by atoms with Crippen LogP contribution in [0.4, 0.5) is 10.5 Å². The Morgan fingerprint density at radius 1 is 1.62 bits per heavy atom. The first-order valence-electron chi connectivity index (χ1n) is 4.27. The maximum absolute atomic E-state index is 10.2. The normalized spacial score (nSPS) is 10.6. The SMILES string of the molecule is Nc1ccc2sc(COC(=O)O)nc2c1Cl. The monoisotopic (exact) mass is 258 g/mol. The van der Waals surface area contributed by atoms with E-state index in [0.29, 0.717) is 21.2 Å². The molecule has 2 aromatic rings. The van der Waals surface area contributed by atoms with Crippen molar-refractivity contribution in [3.8, 4) is 0 Å². The minimum absolute atomic E-state index is 0.0785. The van der Waals surface area contributed by atoms with Gasteiger partial charge in [0.05, 0.1) is 15.4 Å². The van der Waals surface area contributed by atoms with Crippen LogP contribution >= 0.6 is 22.9 Å². The quantitative estimate of drug-likeness (QED) is 0.639. The molecular formula is C9H7ClN2O3S. The van der Waals surface area contributed by atoms with Crippen LogP contribution in [0.2, 0.25) is 5.02 Å². The van der Waals surface area contributed by atoms with E-state index in [0.717, 1.165) is 4.70 Å². The van der Waals surface area contributed by atoms with Crippen molar-refractivity contribution in [3.05, 3.63) is 22.2 Å². The number of nitrogens with two attached hydrogens (primary N) is 1. The Kier molecular flexibility index (Phi) is 2.84. The standard InChI is InChI=1S/C9H7ClN2O3S/c10-7-4(11)1-2-5-8(7)12-6(16-5)3-15-9(13)14/h1-2H,3,11H2,(H,13,14).